The summed E-state index contributed by atoms with van der Waals surface area (Å²) in [6.45, 7) is 11.8. The normalized spacial score (nSPS) is 11.2. The summed E-state index contributed by atoms with van der Waals surface area (Å²) in [7, 11) is 0. The minimum atomic E-state index is -0.107. The Labute approximate surface area is 130 Å². The zero-order valence-electron chi connectivity index (χ0n) is 13.7. The zero-order valence-corrected chi connectivity index (χ0v) is 14.5. The largest absolute Gasteiger partial charge is 0.337 e. The van der Waals surface area contributed by atoms with Crippen molar-refractivity contribution in [3.8, 4) is 0 Å². The van der Waals surface area contributed by atoms with Gasteiger partial charge in [0, 0.05) is 23.3 Å². The molecule has 0 aliphatic carbocycles. The summed E-state index contributed by atoms with van der Waals surface area (Å²) in [5.74, 6) is 0.342. The molecular weight excluding hydrogens is 286 g/mol. The van der Waals surface area contributed by atoms with Crippen LogP contribution in [-0.2, 0) is 11.2 Å². The van der Waals surface area contributed by atoms with Crippen molar-refractivity contribution >= 4 is 17.7 Å². The van der Waals surface area contributed by atoms with Crippen LogP contribution >= 0.6 is 11.8 Å². The van der Waals surface area contributed by atoms with Crippen LogP contribution in [0.15, 0.2) is 9.95 Å². The van der Waals surface area contributed by atoms with Gasteiger partial charge in [0.25, 0.3) is 5.56 Å². The van der Waals surface area contributed by atoms with Crippen LogP contribution in [-0.4, -0.2) is 38.6 Å². The van der Waals surface area contributed by atoms with E-state index in [0.29, 0.717) is 17.1 Å². The van der Waals surface area contributed by atoms with E-state index in [0.717, 1.165) is 5.69 Å². The summed E-state index contributed by atoms with van der Waals surface area (Å²) in [5, 5.41) is 0.510. The molecule has 0 aromatic carbocycles. The van der Waals surface area contributed by atoms with Gasteiger partial charge in [-0.15, -0.1) is 0 Å². The van der Waals surface area contributed by atoms with Crippen LogP contribution in [0.2, 0.25) is 0 Å². The summed E-state index contributed by atoms with van der Waals surface area (Å²) < 4.78 is 0. The van der Waals surface area contributed by atoms with Gasteiger partial charge in [0.05, 0.1) is 5.75 Å². The van der Waals surface area contributed by atoms with E-state index in [-0.39, 0.29) is 29.3 Å². The van der Waals surface area contributed by atoms with E-state index in [1.165, 1.54) is 11.8 Å². The second-order valence-corrected chi connectivity index (χ2v) is 6.53. The molecule has 1 aromatic heterocycles. The third-order valence-electron chi connectivity index (χ3n) is 3.29. The van der Waals surface area contributed by atoms with Crippen LogP contribution in [0.3, 0.4) is 0 Å². The Morgan fingerprint density at radius 1 is 1.29 bits per heavy atom. The van der Waals surface area contributed by atoms with Crippen LogP contribution in [0, 0.1) is 6.92 Å². The summed E-state index contributed by atoms with van der Waals surface area (Å²) in [6.07, 6.45) is 0.659. The molecule has 1 heterocycles. The molecule has 0 radical (unpaired) electrons. The number of aromatic nitrogens is 2. The number of amides is 1. The lowest BCUT2D eigenvalue weighted by Crippen LogP contribution is -2.43. The predicted octanol–water partition coefficient (Wildman–Crippen LogP) is 2.38. The van der Waals surface area contributed by atoms with Crippen molar-refractivity contribution in [2.24, 2.45) is 0 Å². The van der Waals surface area contributed by atoms with Crippen LogP contribution < -0.4 is 5.56 Å². The topological polar surface area (TPSA) is 66.1 Å². The van der Waals surface area contributed by atoms with Crippen LogP contribution in [0.4, 0.5) is 0 Å². The van der Waals surface area contributed by atoms with Crippen molar-refractivity contribution in [3.05, 3.63) is 21.6 Å². The molecule has 0 saturated carbocycles. The Morgan fingerprint density at radius 2 is 1.86 bits per heavy atom. The number of hydrogen-bond acceptors (Lipinski definition) is 4. The van der Waals surface area contributed by atoms with Crippen LogP contribution in [0.1, 0.15) is 45.9 Å². The Kier molecular flexibility index (Phi) is 6.45. The average Bonchev–Trinajstić information content (AvgIpc) is 2.35. The fourth-order valence-corrected chi connectivity index (χ4v) is 3.22. The SMILES string of the molecule is CCc1c(C)nc(SCC(=O)N(C(C)C)C(C)C)[nH]c1=O. The molecular formula is C15H25N3O2S. The minimum Gasteiger partial charge on any atom is -0.337 e. The molecule has 1 aromatic rings. The van der Waals surface area contributed by atoms with Gasteiger partial charge in [-0.3, -0.25) is 9.59 Å². The van der Waals surface area contributed by atoms with E-state index in [4.69, 9.17) is 0 Å². The lowest BCUT2D eigenvalue weighted by atomic mass is 10.2. The van der Waals surface area contributed by atoms with Crippen LogP contribution in [0.25, 0.3) is 0 Å². The molecule has 1 amide bonds. The molecule has 0 unspecified atom stereocenters. The second-order valence-electron chi connectivity index (χ2n) is 5.57. The zero-order chi connectivity index (χ0) is 16.2. The maximum Gasteiger partial charge on any atom is 0.254 e. The van der Waals surface area contributed by atoms with Crippen molar-refractivity contribution in [1.29, 1.82) is 0 Å². The number of carbonyl (C=O) groups excluding carboxylic acids is 1. The lowest BCUT2D eigenvalue weighted by Gasteiger charge is -2.30. The fourth-order valence-electron chi connectivity index (χ4n) is 2.45. The predicted molar refractivity (Wildman–Crippen MR) is 86.8 cm³/mol. The summed E-state index contributed by atoms with van der Waals surface area (Å²) in [4.78, 5) is 33.1. The Hall–Kier alpha value is -1.30. The molecule has 0 atom stereocenters. The van der Waals surface area contributed by atoms with E-state index >= 15 is 0 Å². The van der Waals surface area contributed by atoms with E-state index in [1.54, 1.807) is 0 Å². The smallest absolute Gasteiger partial charge is 0.254 e. The molecule has 0 saturated heterocycles. The van der Waals surface area contributed by atoms with E-state index in [1.807, 2.05) is 46.4 Å². The van der Waals surface area contributed by atoms with Crippen molar-refractivity contribution in [2.45, 2.75) is 65.2 Å². The number of aromatic amines is 1. The highest BCUT2D eigenvalue weighted by Gasteiger charge is 2.20. The molecule has 0 fully saturated rings. The molecule has 1 rings (SSSR count). The number of thioether (sulfide) groups is 1. The number of H-pyrrole nitrogens is 1. The van der Waals surface area contributed by atoms with E-state index in [2.05, 4.69) is 9.97 Å². The van der Waals surface area contributed by atoms with Crippen molar-refractivity contribution < 1.29 is 4.79 Å². The minimum absolute atomic E-state index is 0.0601. The Bertz CT molecular complexity index is 544. The standard InChI is InChI=1S/C15H25N3O2S/c1-7-12-11(6)16-15(17-14(12)20)21-8-13(19)18(9(2)3)10(4)5/h9-10H,7-8H2,1-6H3,(H,16,17,20). The number of nitrogens with one attached hydrogen (secondary N) is 1. The summed E-state index contributed by atoms with van der Waals surface area (Å²) in [5.41, 5.74) is 1.34. The molecule has 118 valence electrons. The van der Waals surface area contributed by atoms with Gasteiger partial charge in [0.15, 0.2) is 5.16 Å². The summed E-state index contributed by atoms with van der Waals surface area (Å²) in [6, 6.07) is 0.323. The molecule has 0 bridgehead atoms. The molecule has 21 heavy (non-hydrogen) atoms. The van der Waals surface area contributed by atoms with Gasteiger partial charge in [0.2, 0.25) is 5.91 Å². The van der Waals surface area contributed by atoms with E-state index in [9.17, 15) is 9.59 Å². The monoisotopic (exact) mass is 311 g/mol. The van der Waals surface area contributed by atoms with Gasteiger partial charge in [-0.25, -0.2) is 4.98 Å². The average molecular weight is 311 g/mol. The first-order chi connectivity index (χ1) is 9.77. The van der Waals surface area contributed by atoms with Gasteiger partial charge in [-0.05, 0) is 41.0 Å². The van der Waals surface area contributed by atoms with Crippen LogP contribution in [0.5, 0.6) is 0 Å². The molecule has 0 aliphatic heterocycles. The number of hydrogen-bond donors (Lipinski definition) is 1. The van der Waals surface area contributed by atoms with Gasteiger partial charge >= 0.3 is 0 Å². The third-order valence-corrected chi connectivity index (χ3v) is 4.15. The van der Waals surface area contributed by atoms with Gasteiger partial charge < -0.3 is 9.88 Å². The maximum absolute atomic E-state index is 12.3. The Morgan fingerprint density at radius 3 is 2.29 bits per heavy atom. The molecule has 6 heteroatoms. The molecule has 5 nitrogen and oxygen atoms in total. The second kappa shape index (κ2) is 7.64. The first-order valence-corrected chi connectivity index (χ1v) is 8.30. The molecule has 0 spiro atoms. The number of carbonyl (C=O) groups is 1. The number of aryl methyl sites for hydroxylation is 1. The Balaban J connectivity index is 2.80. The lowest BCUT2D eigenvalue weighted by molar-refractivity contribution is -0.131. The fraction of sp³-hybridized carbons (Fsp3) is 0.667. The highest BCUT2D eigenvalue weighted by atomic mass is 32.2. The van der Waals surface area contributed by atoms with Gasteiger partial charge in [0.1, 0.15) is 0 Å². The van der Waals surface area contributed by atoms with Gasteiger partial charge in [-0.2, -0.15) is 0 Å². The number of nitrogens with zero attached hydrogens (tertiary/aromatic N) is 2. The van der Waals surface area contributed by atoms with Gasteiger partial charge in [-0.1, -0.05) is 18.7 Å². The first kappa shape index (κ1) is 17.8. The molecule has 0 aliphatic rings. The van der Waals surface area contributed by atoms with E-state index < -0.39 is 0 Å². The first-order valence-electron chi connectivity index (χ1n) is 7.31. The summed E-state index contributed by atoms with van der Waals surface area (Å²) >= 11 is 1.28. The number of rotatable bonds is 6. The molecule has 1 N–H and O–H groups in total. The third kappa shape index (κ3) is 4.59. The van der Waals surface area contributed by atoms with Crippen molar-refractivity contribution in [1.82, 2.24) is 14.9 Å². The van der Waals surface area contributed by atoms with Crippen molar-refractivity contribution in [2.75, 3.05) is 5.75 Å². The maximum atomic E-state index is 12.3. The highest BCUT2D eigenvalue weighted by molar-refractivity contribution is 7.99. The highest BCUT2D eigenvalue weighted by Crippen LogP contribution is 2.16. The van der Waals surface area contributed by atoms with Crippen molar-refractivity contribution in [3.63, 3.8) is 0 Å². The quantitative estimate of drug-likeness (QED) is 0.647.